The number of hydrogen-bond acceptors (Lipinski definition) is 5. The SMILES string of the molecule is Cc1cc(C(C)(O)[PH+]=O)cc(C)c1Cc1ccc(O)c(C(=O)NC(C(=O)O)C(C)C)c1. The third-order valence-electron chi connectivity index (χ3n) is 5.36. The lowest BCUT2D eigenvalue weighted by Crippen LogP contribution is -2.44. The number of aryl methyl sites for hydroxylation is 2. The Kier molecular flexibility index (Phi) is 7.58. The van der Waals surface area contributed by atoms with Crippen LogP contribution in [0.15, 0.2) is 30.3 Å². The van der Waals surface area contributed by atoms with Crippen molar-refractivity contribution in [3.05, 3.63) is 63.7 Å². The van der Waals surface area contributed by atoms with Crippen LogP contribution in [-0.2, 0) is 21.1 Å². The number of carboxylic acid groups (broad SMARTS) is 1. The van der Waals surface area contributed by atoms with Crippen LogP contribution < -0.4 is 5.32 Å². The highest BCUT2D eigenvalue weighted by Gasteiger charge is 2.32. The van der Waals surface area contributed by atoms with Crippen molar-refractivity contribution in [2.75, 3.05) is 0 Å². The van der Waals surface area contributed by atoms with E-state index >= 15 is 0 Å². The van der Waals surface area contributed by atoms with Gasteiger partial charge in [0.05, 0.1) is 5.56 Å². The fourth-order valence-electron chi connectivity index (χ4n) is 3.42. The average Bonchev–Trinajstić information content (AvgIpc) is 2.69. The van der Waals surface area contributed by atoms with Gasteiger partial charge in [-0.1, -0.05) is 24.5 Å². The Bertz CT molecular complexity index is 992. The van der Waals surface area contributed by atoms with Crippen molar-refractivity contribution < 1.29 is 29.5 Å². The van der Waals surface area contributed by atoms with Crippen LogP contribution in [0.2, 0.25) is 0 Å². The van der Waals surface area contributed by atoms with Crippen molar-refractivity contribution in [3.8, 4) is 5.75 Å². The van der Waals surface area contributed by atoms with E-state index in [-0.39, 0.29) is 17.2 Å². The second-order valence-corrected chi connectivity index (χ2v) is 9.50. The lowest BCUT2D eigenvalue weighted by Gasteiger charge is -2.19. The molecule has 166 valence electrons. The zero-order valence-electron chi connectivity index (χ0n) is 18.3. The van der Waals surface area contributed by atoms with Crippen LogP contribution >= 0.6 is 8.46 Å². The molecule has 0 aliphatic heterocycles. The summed E-state index contributed by atoms with van der Waals surface area (Å²) in [6.07, 6.45) is 0.465. The molecule has 1 amide bonds. The molecule has 2 aromatic carbocycles. The summed E-state index contributed by atoms with van der Waals surface area (Å²) in [6, 6.07) is 7.18. The Balaban J connectivity index is 2.35. The highest BCUT2D eigenvalue weighted by atomic mass is 31.1. The van der Waals surface area contributed by atoms with E-state index in [0.29, 0.717) is 12.0 Å². The number of aromatic hydroxyl groups is 1. The molecule has 3 atom stereocenters. The minimum Gasteiger partial charge on any atom is -0.507 e. The quantitative estimate of drug-likeness (QED) is 0.459. The summed E-state index contributed by atoms with van der Waals surface area (Å²) in [5.74, 6) is -2.34. The number of amides is 1. The van der Waals surface area contributed by atoms with Crippen LogP contribution in [0.3, 0.4) is 0 Å². The normalized spacial score (nSPS) is 14.3. The summed E-state index contributed by atoms with van der Waals surface area (Å²) in [5.41, 5.74) is 4.12. The molecule has 2 rings (SSSR count). The zero-order chi connectivity index (χ0) is 23.5. The van der Waals surface area contributed by atoms with E-state index in [9.17, 15) is 29.5 Å². The number of carbonyl (C=O) groups is 2. The Labute approximate surface area is 183 Å². The summed E-state index contributed by atoms with van der Waals surface area (Å²) in [6.45, 7) is 8.66. The Hall–Kier alpha value is -2.76. The third kappa shape index (κ3) is 5.69. The van der Waals surface area contributed by atoms with E-state index in [1.807, 2.05) is 13.8 Å². The van der Waals surface area contributed by atoms with Gasteiger partial charge in [-0.15, -0.1) is 0 Å². The van der Waals surface area contributed by atoms with Gasteiger partial charge in [0, 0.05) is 12.5 Å². The molecule has 7 nitrogen and oxygen atoms in total. The molecule has 0 spiro atoms. The molecule has 0 aliphatic rings. The maximum absolute atomic E-state index is 12.6. The van der Waals surface area contributed by atoms with Crippen molar-refractivity contribution >= 4 is 20.3 Å². The van der Waals surface area contributed by atoms with Crippen molar-refractivity contribution in [2.24, 2.45) is 5.92 Å². The maximum atomic E-state index is 12.6. The largest absolute Gasteiger partial charge is 0.507 e. The van der Waals surface area contributed by atoms with Crippen LogP contribution in [0, 0.1) is 19.8 Å². The highest BCUT2D eigenvalue weighted by molar-refractivity contribution is 7.25. The molecular formula is C23H29NO6P+. The molecular weight excluding hydrogens is 417 g/mol. The number of hydrogen-bond donors (Lipinski definition) is 4. The number of nitrogens with one attached hydrogen (secondary N) is 1. The fourth-order valence-corrected chi connectivity index (χ4v) is 3.69. The fraction of sp³-hybridized carbons (Fsp3) is 0.391. The third-order valence-corrected chi connectivity index (χ3v) is 6.05. The van der Waals surface area contributed by atoms with Crippen LogP contribution in [0.25, 0.3) is 0 Å². The van der Waals surface area contributed by atoms with Gasteiger partial charge in [-0.05, 0) is 72.7 Å². The Morgan fingerprint density at radius 3 is 2.19 bits per heavy atom. The van der Waals surface area contributed by atoms with E-state index in [1.54, 1.807) is 38.1 Å². The summed E-state index contributed by atoms with van der Waals surface area (Å²) in [7, 11) is -0.896. The molecule has 3 unspecified atom stereocenters. The first kappa shape index (κ1) is 24.5. The molecule has 0 heterocycles. The van der Waals surface area contributed by atoms with Gasteiger partial charge in [0.25, 0.3) is 11.2 Å². The molecule has 31 heavy (non-hydrogen) atoms. The molecule has 0 radical (unpaired) electrons. The molecule has 4 N–H and O–H groups in total. The minimum atomic E-state index is -1.42. The van der Waals surface area contributed by atoms with E-state index in [0.717, 1.165) is 22.3 Å². The van der Waals surface area contributed by atoms with Gasteiger partial charge >= 0.3 is 14.4 Å². The number of phenols is 1. The van der Waals surface area contributed by atoms with Crippen molar-refractivity contribution in [1.82, 2.24) is 5.32 Å². The van der Waals surface area contributed by atoms with Gasteiger partial charge in [0.2, 0.25) is 0 Å². The van der Waals surface area contributed by atoms with E-state index in [1.165, 1.54) is 13.0 Å². The second-order valence-electron chi connectivity index (χ2n) is 8.32. The van der Waals surface area contributed by atoms with Gasteiger partial charge in [0.15, 0.2) is 0 Å². The molecule has 0 bridgehead atoms. The number of benzene rings is 2. The Morgan fingerprint density at radius 2 is 1.71 bits per heavy atom. The number of carbonyl (C=O) groups excluding carboxylic acids is 1. The summed E-state index contributed by atoms with van der Waals surface area (Å²) in [4.78, 5) is 24.0. The van der Waals surface area contributed by atoms with E-state index in [2.05, 4.69) is 5.32 Å². The molecule has 0 aromatic heterocycles. The predicted molar refractivity (Wildman–Crippen MR) is 119 cm³/mol. The topological polar surface area (TPSA) is 124 Å². The first-order valence-corrected chi connectivity index (χ1v) is 10.9. The summed E-state index contributed by atoms with van der Waals surface area (Å²) in [5, 5.41) is 30.8. The molecule has 8 heteroatoms. The maximum Gasteiger partial charge on any atom is 0.364 e. The minimum absolute atomic E-state index is 0.00631. The lowest BCUT2D eigenvalue weighted by molar-refractivity contribution is -0.140. The summed E-state index contributed by atoms with van der Waals surface area (Å²) < 4.78 is 11.3. The van der Waals surface area contributed by atoms with Gasteiger partial charge in [0.1, 0.15) is 11.8 Å². The Morgan fingerprint density at radius 1 is 1.13 bits per heavy atom. The van der Waals surface area contributed by atoms with Crippen molar-refractivity contribution in [2.45, 2.75) is 52.4 Å². The van der Waals surface area contributed by atoms with Gasteiger partial charge in [-0.2, -0.15) is 0 Å². The standard InChI is InChI=1S/C23H28NO6P/c1-12(2)20(22(27)28)24-21(26)18-11-15(6-7-19(18)25)10-17-13(3)8-16(9-14(17)4)23(5,29)31-30/h6-9,11-12,20,25,29H,10H2,1-5H3,(H,24,26)(H,27,28)/p+1. The van der Waals surface area contributed by atoms with Crippen LogP contribution in [0.1, 0.15) is 58.9 Å². The number of rotatable bonds is 8. The van der Waals surface area contributed by atoms with Gasteiger partial charge in [-0.25, -0.2) is 4.79 Å². The smallest absolute Gasteiger partial charge is 0.364 e. The lowest BCUT2D eigenvalue weighted by atomic mass is 9.92. The number of aliphatic carboxylic acids is 1. The number of carboxylic acids is 1. The molecule has 2 aromatic rings. The van der Waals surface area contributed by atoms with Crippen molar-refractivity contribution in [3.63, 3.8) is 0 Å². The highest BCUT2D eigenvalue weighted by Crippen LogP contribution is 2.34. The number of aliphatic hydroxyl groups is 1. The average molecular weight is 446 g/mol. The van der Waals surface area contributed by atoms with Crippen LogP contribution in [0.4, 0.5) is 0 Å². The predicted octanol–water partition coefficient (Wildman–Crippen LogP) is 3.63. The first-order valence-electron chi connectivity index (χ1n) is 9.95. The van der Waals surface area contributed by atoms with Crippen LogP contribution in [-0.4, -0.2) is 33.2 Å². The molecule has 0 fully saturated rings. The zero-order valence-corrected chi connectivity index (χ0v) is 19.3. The molecule has 0 saturated heterocycles. The second kappa shape index (κ2) is 9.58. The van der Waals surface area contributed by atoms with Gasteiger partial charge in [-0.3, -0.25) is 4.79 Å². The molecule has 0 aliphatic carbocycles. The van der Waals surface area contributed by atoms with Crippen LogP contribution in [0.5, 0.6) is 5.75 Å². The number of phenolic OH excluding ortho intramolecular Hbond substituents is 1. The van der Waals surface area contributed by atoms with Crippen molar-refractivity contribution in [1.29, 1.82) is 0 Å². The molecule has 0 saturated carbocycles. The summed E-state index contributed by atoms with van der Waals surface area (Å²) >= 11 is 0. The first-order chi connectivity index (χ1) is 14.4. The van der Waals surface area contributed by atoms with E-state index in [4.69, 9.17) is 0 Å². The van der Waals surface area contributed by atoms with Gasteiger partial charge < -0.3 is 20.6 Å². The monoisotopic (exact) mass is 446 g/mol. The van der Waals surface area contributed by atoms with E-state index < -0.39 is 31.7 Å².